The number of hydrogen-bond acceptors (Lipinski definition) is 8. The van der Waals surface area contributed by atoms with E-state index in [0.717, 1.165) is 31.7 Å². The zero-order valence-corrected chi connectivity index (χ0v) is 14.8. The minimum absolute atomic E-state index is 0.0400. The third-order valence-corrected chi connectivity index (χ3v) is 4.61. The molecule has 1 aliphatic heterocycles. The van der Waals surface area contributed by atoms with Gasteiger partial charge in [0.05, 0.1) is 4.92 Å². The molecule has 0 atom stereocenters. The molecule has 3 aromatic rings. The maximum atomic E-state index is 11.6. The Morgan fingerprint density at radius 1 is 1.15 bits per heavy atom. The van der Waals surface area contributed by atoms with Crippen LogP contribution in [-0.4, -0.2) is 58.2 Å². The lowest BCUT2D eigenvalue weighted by Gasteiger charge is -2.33. The second-order valence-electron chi connectivity index (χ2n) is 6.42. The minimum atomic E-state index is -0.366. The van der Waals surface area contributed by atoms with Crippen molar-refractivity contribution in [1.82, 2.24) is 20.0 Å². The molecule has 0 aliphatic carbocycles. The molecule has 27 heavy (non-hydrogen) atoms. The first-order chi connectivity index (χ1) is 13.1. The van der Waals surface area contributed by atoms with Crippen LogP contribution in [0.5, 0.6) is 0 Å². The van der Waals surface area contributed by atoms with E-state index in [9.17, 15) is 10.1 Å². The highest BCUT2D eigenvalue weighted by atomic mass is 16.6. The van der Waals surface area contributed by atoms with Gasteiger partial charge >= 0.3 is 0 Å². The Morgan fingerprint density at radius 3 is 2.67 bits per heavy atom. The third kappa shape index (κ3) is 3.49. The molecule has 0 unspecified atom stereocenters. The normalized spacial score (nSPS) is 15.1. The number of anilines is 1. The number of piperazine rings is 1. The van der Waals surface area contributed by atoms with E-state index in [1.165, 1.54) is 6.07 Å². The third-order valence-electron chi connectivity index (χ3n) is 4.61. The summed E-state index contributed by atoms with van der Waals surface area (Å²) < 4.78 is 5.31. The highest BCUT2D eigenvalue weighted by Crippen LogP contribution is 2.33. The molecule has 0 amide bonds. The maximum Gasteiger partial charge on any atom is 0.293 e. The molecule has 2 aromatic heterocycles. The van der Waals surface area contributed by atoms with E-state index in [4.69, 9.17) is 4.52 Å². The molecule has 3 heterocycles. The van der Waals surface area contributed by atoms with Gasteiger partial charge in [-0.05, 0) is 31.3 Å². The quantitative estimate of drug-likeness (QED) is 0.513. The van der Waals surface area contributed by atoms with Crippen LogP contribution in [0, 0.1) is 10.1 Å². The molecule has 138 valence electrons. The van der Waals surface area contributed by atoms with Crippen LogP contribution < -0.4 is 4.90 Å². The highest BCUT2D eigenvalue weighted by molar-refractivity contribution is 5.71. The summed E-state index contributed by atoms with van der Waals surface area (Å²) in [6, 6.07) is 8.63. The summed E-state index contributed by atoms with van der Waals surface area (Å²) in [4.78, 5) is 23.9. The first-order valence-corrected chi connectivity index (χ1v) is 8.58. The summed E-state index contributed by atoms with van der Waals surface area (Å²) in [5.41, 5.74) is 1.89. The summed E-state index contributed by atoms with van der Waals surface area (Å²) in [6.07, 6.45) is 3.29. The summed E-state index contributed by atoms with van der Waals surface area (Å²) in [7, 11) is 2.05. The number of nitrogens with zero attached hydrogens (tertiary/aromatic N) is 6. The van der Waals surface area contributed by atoms with Crippen LogP contribution >= 0.6 is 0 Å². The molecule has 1 fully saturated rings. The SMILES string of the molecule is CN1CCN(c2ccc(-c3nc(-c4cccnc4)no3)cc2[N+](=O)[O-])CC1. The number of rotatable bonds is 4. The van der Waals surface area contributed by atoms with Crippen molar-refractivity contribution in [2.45, 2.75) is 0 Å². The smallest absolute Gasteiger partial charge is 0.293 e. The highest BCUT2D eigenvalue weighted by Gasteiger charge is 2.24. The van der Waals surface area contributed by atoms with Crippen LogP contribution in [0.15, 0.2) is 47.2 Å². The maximum absolute atomic E-state index is 11.6. The van der Waals surface area contributed by atoms with Crippen molar-refractivity contribution in [3.63, 3.8) is 0 Å². The molecule has 0 N–H and O–H groups in total. The standard InChI is InChI=1S/C18H18N6O3/c1-22-7-9-23(10-8-22)15-5-4-13(11-16(15)24(25)26)18-20-17(21-27-18)14-3-2-6-19-12-14/h2-6,11-12H,7-10H2,1H3. The van der Waals surface area contributed by atoms with Gasteiger partial charge in [-0.15, -0.1) is 0 Å². The van der Waals surface area contributed by atoms with Crippen molar-refractivity contribution in [1.29, 1.82) is 0 Å². The van der Waals surface area contributed by atoms with Crippen molar-refractivity contribution >= 4 is 11.4 Å². The first-order valence-electron chi connectivity index (χ1n) is 8.58. The van der Waals surface area contributed by atoms with Crippen LogP contribution in [0.2, 0.25) is 0 Å². The van der Waals surface area contributed by atoms with Crippen molar-refractivity contribution in [3.05, 3.63) is 52.8 Å². The summed E-state index contributed by atoms with van der Waals surface area (Å²) in [5.74, 6) is 0.630. The van der Waals surface area contributed by atoms with Crippen LogP contribution in [0.4, 0.5) is 11.4 Å². The van der Waals surface area contributed by atoms with Gasteiger partial charge in [0, 0.05) is 55.8 Å². The zero-order valence-electron chi connectivity index (χ0n) is 14.8. The lowest BCUT2D eigenvalue weighted by atomic mass is 10.1. The molecule has 0 saturated carbocycles. The molecule has 1 aromatic carbocycles. The van der Waals surface area contributed by atoms with Crippen LogP contribution in [0.25, 0.3) is 22.8 Å². The van der Waals surface area contributed by atoms with Gasteiger partial charge in [0.2, 0.25) is 5.82 Å². The van der Waals surface area contributed by atoms with Gasteiger partial charge in [0.15, 0.2) is 0 Å². The monoisotopic (exact) mass is 366 g/mol. The lowest BCUT2D eigenvalue weighted by Crippen LogP contribution is -2.44. The number of hydrogen-bond donors (Lipinski definition) is 0. The molecular weight excluding hydrogens is 348 g/mol. The Kier molecular flexibility index (Phi) is 4.51. The van der Waals surface area contributed by atoms with Gasteiger partial charge in [-0.3, -0.25) is 15.1 Å². The zero-order chi connectivity index (χ0) is 18.8. The Labute approximate surface area is 155 Å². The summed E-state index contributed by atoms with van der Waals surface area (Å²) in [6.45, 7) is 3.25. The topological polar surface area (TPSA) is 101 Å². The number of aromatic nitrogens is 3. The Balaban J connectivity index is 1.66. The number of benzene rings is 1. The number of likely N-dealkylation sites (N-methyl/N-ethyl adjacent to an activating group) is 1. The van der Waals surface area contributed by atoms with Crippen molar-refractivity contribution < 1.29 is 9.45 Å². The van der Waals surface area contributed by atoms with E-state index in [1.54, 1.807) is 30.6 Å². The predicted octanol–water partition coefficient (Wildman–Crippen LogP) is 2.46. The summed E-state index contributed by atoms with van der Waals surface area (Å²) in [5, 5.41) is 15.6. The molecular formula is C18H18N6O3. The second kappa shape index (κ2) is 7.12. The van der Waals surface area contributed by atoms with Crippen LogP contribution in [-0.2, 0) is 0 Å². The van der Waals surface area contributed by atoms with E-state index >= 15 is 0 Å². The van der Waals surface area contributed by atoms with Gasteiger partial charge in [-0.2, -0.15) is 4.98 Å². The predicted molar refractivity (Wildman–Crippen MR) is 99.3 cm³/mol. The molecule has 9 nitrogen and oxygen atoms in total. The van der Waals surface area contributed by atoms with Gasteiger partial charge in [-0.1, -0.05) is 5.16 Å². The van der Waals surface area contributed by atoms with Gasteiger partial charge < -0.3 is 14.3 Å². The van der Waals surface area contributed by atoms with Crippen molar-refractivity contribution in [2.75, 3.05) is 38.1 Å². The largest absolute Gasteiger partial charge is 0.363 e. The average molecular weight is 366 g/mol. The Bertz CT molecular complexity index is 951. The number of nitro groups is 1. The van der Waals surface area contributed by atoms with E-state index in [2.05, 4.69) is 20.0 Å². The number of pyridine rings is 1. The number of nitro benzene ring substituents is 1. The lowest BCUT2D eigenvalue weighted by molar-refractivity contribution is -0.384. The fourth-order valence-electron chi connectivity index (χ4n) is 3.07. The second-order valence-corrected chi connectivity index (χ2v) is 6.42. The molecule has 1 aliphatic rings. The molecule has 0 radical (unpaired) electrons. The summed E-state index contributed by atoms with van der Waals surface area (Å²) >= 11 is 0. The van der Waals surface area contributed by atoms with Crippen LogP contribution in [0.3, 0.4) is 0 Å². The Morgan fingerprint density at radius 2 is 1.96 bits per heavy atom. The first kappa shape index (κ1) is 17.1. The van der Waals surface area contributed by atoms with E-state index in [-0.39, 0.29) is 16.5 Å². The average Bonchev–Trinajstić information content (AvgIpc) is 3.19. The van der Waals surface area contributed by atoms with Gasteiger partial charge in [0.1, 0.15) is 5.69 Å². The van der Waals surface area contributed by atoms with Crippen LogP contribution in [0.1, 0.15) is 0 Å². The Hall–Kier alpha value is -3.33. The fourth-order valence-corrected chi connectivity index (χ4v) is 3.07. The molecule has 1 saturated heterocycles. The van der Waals surface area contributed by atoms with E-state index in [0.29, 0.717) is 17.1 Å². The van der Waals surface area contributed by atoms with Gasteiger partial charge in [0.25, 0.3) is 11.6 Å². The fraction of sp³-hybridized carbons (Fsp3) is 0.278. The molecule has 4 rings (SSSR count). The van der Waals surface area contributed by atoms with E-state index < -0.39 is 0 Å². The van der Waals surface area contributed by atoms with E-state index in [1.807, 2.05) is 18.0 Å². The minimum Gasteiger partial charge on any atom is -0.363 e. The molecule has 0 spiro atoms. The van der Waals surface area contributed by atoms with Crippen molar-refractivity contribution in [3.8, 4) is 22.8 Å². The molecule has 9 heteroatoms. The molecule has 0 bridgehead atoms. The van der Waals surface area contributed by atoms with Gasteiger partial charge in [-0.25, -0.2) is 0 Å². The van der Waals surface area contributed by atoms with Crippen molar-refractivity contribution in [2.24, 2.45) is 0 Å².